The van der Waals surface area contributed by atoms with Crippen LogP contribution >= 0.6 is 27.7 Å². The molecule has 0 amide bonds. The van der Waals surface area contributed by atoms with E-state index in [-0.39, 0.29) is 0 Å². The van der Waals surface area contributed by atoms with Crippen molar-refractivity contribution in [1.82, 2.24) is 9.97 Å². The summed E-state index contributed by atoms with van der Waals surface area (Å²) in [5.74, 6) is 0.919. The minimum atomic E-state index is 0.736. The van der Waals surface area contributed by atoms with Gasteiger partial charge in [-0.2, -0.15) is 0 Å². The first kappa shape index (κ1) is 13.1. The van der Waals surface area contributed by atoms with Gasteiger partial charge in [0, 0.05) is 11.8 Å². The Hall–Kier alpha value is -0.290. The predicted octanol–water partition coefficient (Wildman–Crippen LogP) is 4.10. The standard InChI is InChI=1S/C12H18BrN3S/c1-2-7-14-11-10(13)12(16-8-15-11)17-9-5-3-4-6-9/h8-9H,2-7H2,1H3,(H,14,15,16). The molecule has 0 unspecified atom stereocenters. The van der Waals surface area contributed by atoms with Crippen molar-refractivity contribution in [2.75, 3.05) is 11.9 Å². The fourth-order valence-corrected chi connectivity index (χ4v) is 3.78. The molecular formula is C12H18BrN3S. The summed E-state index contributed by atoms with van der Waals surface area (Å²) >= 11 is 5.50. The molecule has 3 nitrogen and oxygen atoms in total. The van der Waals surface area contributed by atoms with Gasteiger partial charge in [0.25, 0.3) is 0 Å². The molecule has 2 rings (SSSR count). The predicted molar refractivity (Wildman–Crippen MR) is 76.6 cm³/mol. The van der Waals surface area contributed by atoms with Crippen LogP contribution in [0.2, 0.25) is 0 Å². The number of nitrogens with zero attached hydrogens (tertiary/aromatic N) is 2. The Bertz CT molecular complexity index is 367. The van der Waals surface area contributed by atoms with E-state index in [0.717, 1.165) is 33.5 Å². The van der Waals surface area contributed by atoms with Crippen molar-refractivity contribution in [1.29, 1.82) is 0 Å². The fourth-order valence-electron chi connectivity index (χ4n) is 1.97. The number of hydrogen-bond acceptors (Lipinski definition) is 4. The minimum Gasteiger partial charge on any atom is -0.369 e. The normalized spacial score (nSPS) is 16.4. The zero-order valence-electron chi connectivity index (χ0n) is 10.1. The lowest BCUT2D eigenvalue weighted by atomic mass is 10.4. The molecule has 0 spiro atoms. The summed E-state index contributed by atoms with van der Waals surface area (Å²) in [6, 6.07) is 0. The number of aromatic nitrogens is 2. The van der Waals surface area contributed by atoms with Crippen molar-refractivity contribution in [2.24, 2.45) is 0 Å². The summed E-state index contributed by atoms with van der Waals surface area (Å²) in [5.41, 5.74) is 0. The quantitative estimate of drug-likeness (QED) is 0.830. The molecular weight excluding hydrogens is 298 g/mol. The minimum absolute atomic E-state index is 0.736. The van der Waals surface area contributed by atoms with Crippen LogP contribution in [0, 0.1) is 0 Å². The van der Waals surface area contributed by atoms with Crippen LogP contribution in [0.3, 0.4) is 0 Å². The maximum atomic E-state index is 4.38. The molecule has 17 heavy (non-hydrogen) atoms. The van der Waals surface area contributed by atoms with Gasteiger partial charge in [-0.05, 0) is 35.2 Å². The zero-order chi connectivity index (χ0) is 12.1. The summed E-state index contributed by atoms with van der Waals surface area (Å²) in [4.78, 5) is 8.64. The second-order valence-corrected chi connectivity index (χ2v) is 6.37. The first-order chi connectivity index (χ1) is 8.31. The van der Waals surface area contributed by atoms with E-state index < -0.39 is 0 Å². The third-order valence-corrected chi connectivity index (χ3v) is 5.23. The van der Waals surface area contributed by atoms with Crippen LogP contribution in [-0.4, -0.2) is 21.8 Å². The Morgan fingerprint density at radius 3 is 2.88 bits per heavy atom. The molecule has 1 N–H and O–H groups in total. The summed E-state index contributed by atoms with van der Waals surface area (Å²) < 4.78 is 1.02. The van der Waals surface area contributed by atoms with E-state index in [0.29, 0.717) is 0 Å². The van der Waals surface area contributed by atoms with Crippen LogP contribution in [-0.2, 0) is 0 Å². The third kappa shape index (κ3) is 3.58. The number of nitrogens with one attached hydrogen (secondary N) is 1. The van der Waals surface area contributed by atoms with E-state index in [1.807, 2.05) is 11.8 Å². The van der Waals surface area contributed by atoms with Gasteiger partial charge in [0.2, 0.25) is 0 Å². The van der Waals surface area contributed by atoms with E-state index in [4.69, 9.17) is 0 Å². The lowest BCUT2D eigenvalue weighted by Gasteiger charge is -2.12. The summed E-state index contributed by atoms with van der Waals surface area (Å²) in [6.07, 6.45) is 8.11. The van der Waals surface area contributed by atoms with Crippen LogP contribution in [0.5, 0.6) is 0 Å². The molecule has 1 fully saturated rings. The third-order valence-electron chi connectivity index (χ3n) is 2.88. The molecule has 0 atom stereocenters. The van der Waals surface area contributed by atoms with Gasteiger partial charge >= 0.3 is 0 Å². The van der Waals surface area contributed by atoms with Gasteiger partial charge in [0.15, 0.2) is 0 Å². The van der Waals surface area contributed by atoms with Gasteiger partial charge in [-0.1, -0.05) is 19.8 Å². The topological polar surface area (TPSA) is 37.8 Å². The molecule has 1 saturated carbocycles. The van der Waals surface area contributed by atoms with Crippen LogP contribution in [0.1, 0.15) is 39.0 Å². The Balaban J connectivity index is 2.05. The van der Waals surface area contributed by atoms with Crippen molar-refractivity contribution in [3.8, 4) is 0 Å². The lowest BCUT2D eigenvalue weighted by Crippen LogP contribution is -2.04. The molecule has 1 aliphatic rings. The molecule has 1 aromatic heterocycles. The molecule has 1 heterocycles. The lowest BCUT2D eigenvalue weighted by molar-refractivity contribution is 0.886. The molecule has 0 aromatic carbocycles. The van der Waals surface area contributed by atoms with E-state index in [1.165, 1.54) is 25.7 Å². The molecule has 0 bridgehead atoms. The summed E-state index contributed by atoms with van der Waals surface area (Å²) in [7, 11) is 0. The summed E-state index contributed by atoms with van der Waals surface area (Å²) in [5, 5.41) is 5.13. The molecule has 94 valence electrons. The van der Waals surface area contributed by atoms with E-state index >= 15 is 0 Å². The molecule has 1 aromatic rings. The number of anilines is 1. The van der Waals surface area contributed by atoms with Gasteiger partial charge in [-0.3, -0.25) is 0 Å². The van der Waals surface area contributed by atoms with Crippen molar-refractivity contribution in [3.63, 3.8) is 0 Å². The monoisotopic (exact) mass is 315 g/mol. The smallest absolute Gasteiger partial charge is 0.144 e. The van der Waals surface area contributed by atoms with Gasteiger partial charge in [0.1, 0.15) is 17.2 Å². The highest BCUT2D eigenvalue weighted by atomic mass is 79.9. The van der Waals surface area contributed by atoms with Gasteiger partial charge in [-0.25, -0.2) is 9.97 Å². The van der Waals surface area contributed by atoms with Gasteiger partial charge in [-0.15, -0.1) is 11.8 Å². The first-order valence-corrected chi connectivity index (χ1v) is 7.89. The molecule has 0 aliphatic heterocycles. The van der Waals surface area contributed by atoms with Crippen LogP contribution in [0.15, 0.2) is 15.8 Å². The highest BCUT2D eigenvalue weighted by Crippen LogP contribution is 2.38. The number of rotatable bonds is 5. The zero-order valence-corrected chi connectivity index (χ0v) is 12.5. The SMILES string of the molecule is CCCNc1ncnc(SC2CCCC2)c1Br. The largest absolute Gasteiger partial charge is 0.369 e. The molecule has 0 saturated heterocycles. The van der Waals surface area contributed by atoms with Crippen LogP contribution < -0.4 is 5.32 Å². The molecule has 0 radical (unpaired) electrons. The maximum absolute atomic E-state index is 4.38. The molecule has 1 aliphatic carbocycles. The first-order valence-electron chi connectivity index (χ1n) is 6.22. The Labute approximate surface area is 115 Å². The Morgan fingerprint density at radius 2 is 2.18 bits per heavy atom. The van der Waals surface area contributed by atoms with Crippen molar-refractivity contribution in [2.45, 2.75) is 49.3 Å². The highest BCUT2D eigenvalue weighted by Gasteiger charge is 2.19. The maximum Gasteiger partial charge on any atom is 0.144 e. The Kier molecular flexibility index (Phi) is 5.10. The number of thioether (sulfide) groups is 1. The second kappa shape index (κ2) is 6.59. The molecule has 5 heteroatoms. The van der Waals surface area contributed by atoms with Crippen molar-refractivity contribution < 1.29 is 0 Å². The average Bonchev–Trinajstić information content (AvgIpc) is 2.83. The Morgan fingerprint density at radius 1 is 1.41 bits per heavy atom. The van der Waals surface area contributed by atoms with Crippen molar-refractivity contribution in [3.05, 3.63) is 10.8 Å². The fraction of sp³-hybridized carbons (Fsp3) is 0.667. The van der Waals surface area contributed by atoms with Crippen molar-refractivity contribution >= 4 is 33.5 Å². The van der Waals surface area contributed by atoms with Crippen LogP contribution in [0.4, 0.5) is 5.82 Å². The van der Waals surface area contributed by atoms with Gasteiger partial charge in [0.05, 0.1) is 4.47 Å². The van der Waals surface area contributed by atoms with Gasteiger partial charge < -0.3 is 5.32 Å². The van der Waals surface area contributed by atoms with E-state index in [9.17, 15) is 0 Å². The number of hydrogen-bond donors (Lipinski definition) is 1. The second-order valence-electron chi connectivity index (χ2n) is 4.29. The van der Waals surface area contributed by atoms with Crippen LogP contribution in [0.25, 0.3) is 0 Å². The number of halogens is 1. The summed E-state index contributed by atoms with van der Waals surface area (Å²) in [6.45, 7) is 3.10. The van der Waals surface area contributed by atoms with E-state index in [2.05, 4.69) is 38.1 Å². The average molecular weight is 316 g/mol. The van der Waals surface area contributed by atoms with E-state index in [1.54, 1.807) is 6.33 Å². The highest BCUT2D eigenvalue weighted by molar-refractivity contribution is 9.10.